The van der Waals surface area contributed by atoms with Gasteiger partial charge < -0.3 is 4.74 Å². The summed E-state index contributed by atoms with van der Waals surface area (Å²) in [6.45, 7) is -0.0602. The van der Waals surface area contributed by atoms with Crippen molar-refractivity contribution in [2.45, 2.75) is 0 Å². The zero-order valence-electron chi connectivity index (χ0n) is 10.6. The van der Waals surface area contributed by atoms with Gasteiger partial charge in [-0.25, -0.2) is 10.2 Å². The Balaban J connectivity index is 2.53. The van der Waals surface area contributed by atoms with Crippen LogP contribution in [0.15, 0.2) is 29.6 Å². The lowest BCUT2D eigenvalue weighted by Gasteiger charge is -2.13. The largest absolute Gasteiger partial charge is 0.497 e. The minimum Gasteiger partial charge on any atom is -0.497 e. The number of hydrogen-bond acceptors (Lipinski definition) is 5. The average molecular weight is 301 g/mol. The van der Waals surface area contributed by atoms with Crippen LogP contribution in [0, 0.1) is 4.91 Å². The zero-order valence-corrected chi connectivity index (χ0v) is 11.4. The number of carbonyl (C=O) groups is 2. The van der Waals surface area contributed by atoms with Gasteiger partial charge in [-0.15, -0.1) is 16.5 Å². The molecule has 108 valence electrons. The molecule has 0 saturated carbocycles. The van der Waals surface area contributed by atoms with Crippen molar-refractivity contribution in [3.63, 3.8) is 0 Å². The molecule has 0 atom stereocenters. The molecular weight excluding hydrogens is 288 g/mol. The van der Waals surface area contributed by atoms with E-state index >= 15 is 0 Å². The predicted octanol–water partition coefficient (Wildman–Crippen LogP) is 1.27. The number of ether oxygens (including phenoxy) is 1. The number of hydrogen-bond donors (Lipinski definition) is 2. The molecule has 1 aromatic rings. The first kappa shape index (κ1) is 15.7. The van der Waals surface area contributed by atoms with E-state index in [1.807, 2.05) is 5.43 Å². The van der Waals surface area contributed by atoms with Crippen LogP contribution in [-0.2, 0) is 0 Å². The van der Waals surface area contributed by atoms with Gasteiger partial charge in [0.1, 0.15) is 5.75 Å². The van der Waals surface area contributed by atoms with E-state index in [1.165, 1.54) is 19.2 Å². The monoisotopic (exact) mass is 300 g/mol. The number of benzene rings is 1. The second-order valence-corrected chi connectivity index (χ2v) is 3.88. The molecule has 1 aromatic carbocycles. The topological polar surface area (TPSA) is 100 Å². The third-order valence-corrected chi connectivity index (χ3v) is 2.43. The number of carbonyl (C=O) groups excluding carboxylic acids is 2. The van der Waals surface area contributed by atoms with Gasteiger partial charge >= 0.3 is 6.03 Å². The van der Waals surface area contributed by atoms with E-state index < -0.39 is 11.9 Å². The maximum Gasteiger partial charge on any atom is 0.359 e. The van der Waals surface area contributed by atoms with E-state index in [1.54, 1.807) is 12.1 Å². The summed E-state index contributed by atoms with van der Waals surface area (Å²) in [4.78, 5) is 33.5. The SMILES string of the molecule is COc1ccc(C(=O)NNC(=O)N(CCCl)N=O)cc1. The van der Waals surface area contributed by atoms with Crippen LogP contribution >= 0.6 is 11.6 Å². The Hall–Kier alpha value is -2.35. The fraction of sp³-hybridized carbons (Fsp3) is 0.273. The Morgan fingerprint density at radius 1 is 1.30 bits per heavy atom. The average Bonchev–Trinajstić information content (AvgIpc) is 2.49. The van der Waals surface area contributed by atoms with Crippen molar-refractivity contribution in [3.8, 4) is 5.75 Å². The number of urea groups is 1. The maximum absolute atomic E-state index is 11.7. The van der Waals surface area contributed by atoms with Gasteiger partial charge in [-0.1, -0.05) is 0 Å². The molecule has 0 aliphatic rings. The summed E-state index contributed by atoms with van der Waals surface area (Å²) in [5.41, 5.74) is 4.51. The highest BCUT2D eigenvalue weighted by molar-refractivity contribution is 6.18. The van der Waals surface area contributed by atoms with Gasteiger partial charge in [0.15, 0.2) is 0 Å². The van der Waals surface area contributed by atoms with Gasteiger partial charge in [0, 0.05) is 11.4 Å². The van der Waals surface area contributed by atoms with Crippen molar-refractivity contribution >= 4 is 23.5 Å². The summed E-state index contributed by atoms with van der Waals surface area (Å²) in [7, 11) is 1.51. The lowest BCUT2D eigenvalue weighted by molar-refractivity contribution is 0.0930. The Morgan fingerprint density at radius 2 is 1.95 bits per heavy atom. The minimum absolute atomic E-state index is 0.0472. The number of nitrogens with one attached hydrogen (secondary N) is 2. The van der Waals surface area contributed by atoms with Crippen molar-refractivity contribution in [1.82, 2.24) is 15.9 Å². The third kappa shape index (κ3) is 4.39. The lowest BCUT2D eigenvalue weighted by atomic mass is 10.2. The van der Waals surface area contributed by atoms with Crippen LogP contribution in [0.2, 0.25) is 0 Å². The summed E-state index contributed by atoms with van der Waals surface area (Å²) in [5.74, 6) is 0.104. The molecule has 20 heavy (non-hydrogen) atoms. The molecule has 0 radical (unpaired) electrons. The predicted molar refractivity (Wildman–Crippen MR) is 72.2 cm³/mol. The Bertz CT molecular complexity index is 480. The Labute approximate surface area is 119 Å². The molecule has 0 unspecified atom stereocenters. The number of amides is 3. The first-order valence-corrected chi connectivity index (χ1v) is 6.07. The van der Waals surface area contributed by atoms with Crippen LogP contribution in [0.3, 0.4) is 0 Å². The number of halogens is 1. The maximum atomic E-state index is 11.7. The highest BCUT2D eigenvalue weighted by Gasteiger charge is 2.14. The smallest absolute Gasteiger partial charge is 0.359 e. The van der Waals surface area contributed by atoms with E-state index in [2.05, 4.69) is 10.7 Å². The van der Waals surface area contributed by atoms with E-state index in [0.29, 0.717) is 16.3 Å². The normalized spacial score (nSPS) is 9.50. The molecule has 8 nitrogen and oxygen atoms in total. The molecule has 0 saturated heterocycles. The number of nitrogens with zero attached hydrogens (tertiary/aromatic N) is 2. The third-order valence-electron chi connectivity index (χ3n) is 2.26. The molecule has 2 N–H and O–H groups in total. The second-order valence-electron chi connectivity index (χ2n) is 3.51. The van der Waals surface area contributed by atoms with E-state index in [4.69, 9.17) is 16.3 Å². The van der Waals surface area contributed by atoms with E-state index in [9.17, 15) is 14.5 Å². The fourth-order valence-electron chi connectivity index (χ4n) is 1.25. The standard InChI is InChI=1S/C11H13ClN4O4/c1-20-9-4-2-8(3-5-9)10(17)13-14-11(18)16(15-19)7-6-12/h2-5H,6-7H2,1H3,(H,13,17)(H,14,18). The summed E-state index contributed by atoms with van der Waals surface area (Å²) in [5, 5.41) is 3.03. The molecular formula is C11H13ClN4O4. The number of alkyl halides is 1. The molecule has 9 heteroatoms. The Morgan fingerprint density at radius 3 is 2.45 bits per heavy atom. The van der Waals surface area contributed by atoms with Crippen molar-refractivity contribution in [1.29, 1.82) is 0 Å². The Kier molecular flexibility index (Phi) is 6.24. The van der Waals surface area contributed by atoms with Crippen LogP contribution in [0.25, 0.3) is 0 Å². The molecule has 0 aliphatic heterocycles. The number of methoxy groups -OCH3 is 1. The summed E-state index contributed by atoms with van der Waals surface area (Å²) >= 11 is 5.39. The molecule has 3 amide bonds. The second kappa shape index (κ2) is 7.95. The summed E-state index contributed by atoms with van der Waals surface area (Å²) in [6, 6.07) is 5.37. The quantitative estimate of drug-likeness (QED) is 0.486. The summed E-state index contributed by atoms with van der Waals surface area (Å²) < 4.78 is 4.95. The minimum atomic E-state index is -0.873. The number of rotatable bonds is 5. The molecule has 1 rings (SSSR count). The van der Waals surface area contributed by atoms with Gasteiger partial charge in [0.05, 0.1) is 18.9 Å². The van der Waals surface area contributed by atoms with Gasteiger partial charge in [-0.2, -0.15) is 5.01 Å². The van der Waals surface area contributed by atoms with E-state index in [0.717, 1.165) is 0 Å². The van der Waals surface area contributed by atoms with Gasteiger partial charge in [-0.3, -0.25) is 10.2 Å². The van der Waals surface area contributed by atoms with Crippen molar-refractivity contribution < 1.29 is 14.3 Å². The fourth-order valence-corrected chi connectivity index (χ4v) is 1.41. The van der Waals surface area contributed by atoms with E-state index in [-0.39, 0.29) is 12.4 Å². The van der Waals surface area contributed by atoms with Gasteiger partial charge in [0.2, 0.25) is 0 Å². The summed E-state index contributed by atoms with van der Waals surface area (Å²) in [6.07, 6.45) is 0. The first-order chi connectivity index (χ1) is 9.62. The van der Waals surface area contributed by atoms with Crippen LogP contribution in [-0.4, -0.2) is 36.5 Å². The molecule has 0 spiro atoms. The molecule has 0 aliphatic carbocycles. The van der Waals surface area contributed by atoms with Crippen LogP contribution in [0.5, 0.6) is 5.75 Å². The van der Waals surface area contributed by atoms with Crippen LogP contribution in [0.4, 0.5) is 4.79 Å². The lowest BCUT2D eigenvalue weighted by Crippen LogP contribution is -2.47. The molecule has 0 aromatic heterocycles. The zero-order chi connectivity index (χ0) is 15.0. The molecule has 0 bridgehead atoms. The van der Waals surface area contributed by atoms with Gasteiger partial charge in [0.25, 0.3) is 5.91 Å². The van der Waals surface area contributed by atoms with Crippen molar-refractivity contribution in [3.05, 3.63) is 34.7 Å². The van der Waals surface area contributed by atoms with Gasteiger partial charge in [-0.05, 0) is 24.3 Å². The molecule has 0 heterocycles. The molecule has 0 fully saturated rings. The highest BCUT2D eigenvalue weighted by atomic mass is 35.5. The highest BCUT2D eigenvalue weighted by Crippen LogP contribution is 2.10. The van der Waals surface area contributed by atoms with Crippen LogP contribution < -0.4 is 15.6 Å². The van der Waals surface area contributed by atoms with Crippen LogP contribution in [0.1, 0.15) is 10.4 Å². The number of hydrazine groups is 1. The van der Waals surface area contributed by atoms with Crippen molar-refractivity contribution in [2.24, 2.45) is 5.29 Å². The van der Waals surface area contributed by atoms with Crippen molar-refractivity contribution in [2.75, 3.05) is 19.5 Å². The first-order valence-electron chi connectivity index (χ1n) is 5.53. The number of nitroso groups, excluding NO2 is 1.